The first kappa shape index (κ1) is 23.7. The van der Waals surface area contributed by atoms with E-state index in [-0.39, 0.29) is 18.4 Å². The van der Waals surface area contributed by atoms with Gasteiger partial charge < -0.3 is 15.0 Å². The van der Waals surface area contributed by atoms with Crippen molar-refractivity contribution in [3.05, 3.63) is 63.7 Å². The van der Waals surface area contributed by atoms with Crippen molar-refractivity contribution in [3.63, 3.8) is 0 Å². The van der Waals surface area contributed by atoms with E-state index in [0.29, 0.717) is 30.3 Å². The molecule has 2 amide bonds. The Morgan fingerprint density at radius 3 is 2.27 bits per heavy atom. The highest BCUT2D eigenvalue weighted by atomic mass is 35.5. The zero-order valence-corrected chi connectivity index (χ0v) is 19.2. The molecular formula is C24H31ClN2O3. The summed E-state index contributed by atoms with van der Waals surface area (Å²) in [5.74, 6) is 0.200. The molecule has 0 bridgehead atoms. The van der Waals surface area contributed by atoms with Crippen LogP contribution in [0.2, 0.25) is 5.02 Å². The fourth-order valence-corrected chi connectivity index (χ4v) is 3.51. The average Bonchev–Trinajstić information content (AvgIpc) is 2.71. The third-order valence-corrected chi connectivity index (χ3v) is 5.71. The van der Waals surface area contributed by atoms with Crippen LogP contribution in [-0.4, -0.2) is 35.9 Å². The van der Waals surface area contributed by atoms with Crippen LogP contribution in [0.1, 0.15) is 42.5 Å². The predicted octanol–water partition coefficient (Wildman–Crippen LogP) is 4.59. The van der Waals surface area contributed by atoms with Crippen LogP contribution in [0.15, 0.2) is 36.4 Å². The van der Waals surface area contributed by atoms with E-state index in [1.807, 2.05) is 71.0 Å². The molecule has 1 N–H and O–H groups in total. The van der Waals surface area contributed by atoms with Crippen LogP contribution in [0.5, 0.6) is 5.75 Å². The van der Waals surface area contributed by atoms with Gasteiger partial charge >= 0.3 is 0 Å². The minimum Gasteiger partial charge on any atom is -0.484 e. The Labute approximate surface area is 184 Å². The first-order chi connectivity index (χ1) is 14.3. The Kier molecular flexibility index (Phi) is 8.72. The second-order valence-corrected chi connectivity index (χ2v) is 7.80. The van der Waals surface area contributed by atoms with Crippen molar-refractivity contribution < 1.29 is 14.3 Å². The monoisotopic (exact) mass is 430 g/mol. The maximum atomic E-state index is 13.2. The molecule has 162 valence electrons. The van der Waals surface area contributed by atoms with Gasteiger partial charge in [-0.25, -0.2) is 0 Å². The van der Waals surface area contributed by atoms with Crippen LogP contribution in [0.3, 0.4) is 0 Å². The number of carbonyl (C=O) groups is 2. The number of amides is 2. The highest BCUT2D eigenvalue weighted by Crippen LogP contribution is 2.26. The van der Waals surface area contributed by atoms with E-state index in [2.05, 4.69) is 5.32 Å². The normalized spacial score (nSPS) is 11.7. The van der Waals surface area contributed by atoms with Crippen LogP contribution < -0.4 is 10.1 Å². The first-order valence-electron chi connectivity index (χ1n) is 10.3. The molecule has 0 aromatic heterocycles. The standard InChI is InChI=1S/C24H31ClN2O3/c1-6-21(24(29)26-7-2)27(14-19-11-9-8-10-16(19)3)22(28)15-30-20-12-17(4)23(25)18(5)13-20/h8-13,21H,6-7,14-15H2,1-5H3,(H,26,29). The van der Waals surface area contributed by atoms with Gasteiger partial charge in [-0.1, -0.05) is 42.8 Å². The van der Waals surface area contributed by atoms with Gasteiger partial charge in [0.2, 0.25) is 5.91 Å². The largest absolute Gasteiger partial charge is 0.484 e. The lowest BCUT2D eigenvalue weighted by molar-refractivity contribution is -0.142. The van der Waals surface area contributed by atoms with E-state index >= 15 is 0 Å². The summed E-state index contributed by atoms with van der Waals surface area (Å²) in [5.41, 5.74) is 3.87. The van der Waals surface area contributed by atoms with Gasteiger partial charge in [0.1, 0.15) is 11.8 Å². The van der Waals surface area contributed by atoms with E-state index < -0.39 is 6.04 Å². The molecule has 30 heavy (non-hydrogen) atoms. The van der Waals surface area contributed by atoms with Gasteiger partial charge in [-0.15, -0.1) is 0 Å². The highest BCUT2D eigenvalue weighted by molar-refractivity contribution is 6.32. The van der Waals surface area contributed by atoms with Crippen LogP contribution in [-0.2, 0) is 16.1 Å². The molecule has 5 nitrogen and oxygen atoms in total. The number of hydrogen-bond acceptors (Lipinski definition) is 3. The second-order valence-electron chi connectivity index (χ2n) is 7.43. The minimum absolute atomic E-state index is 0.150. The van der Waals surface area contributed by atoms with Crippen molar-refractivity contribution >= 4 is 23.4 Å². The molecule has 0 aliphatic rings. The van der Waals surface area contributed by atoms with Gasteiger partial charge in [-0.3, -0.25) is 9.59 Å². The number of halogens is 1. The van der Waals surface area contributed by atoms with E-state index in [1.54, 1.807) is 4.90 Å². The van der Waals surface area contributed by atoms with Crippen molar-refractivity contribution in [1.29, 1.82) is 0 Å². The lowest BCUT2D eigenvalue weighted by Crippen LogP contribution is -2.50. The molecule has 0 saturated heterocycles. The molecule has 2 aromatic rings. The maximum absolute atomic E-state index is 13.2. The molecule has 1 atom stereocenters. The second kappa shape index (κ2) is 11.0. The molecule has 2 aromatic carbocycles. The van der Waals surface area contributed by atoms with Crippen molar-refractivity contribution in [1.82, 2.24) is 10.2 Å². The number of nitrogens with zero attached hydrogens (tertiary/aromatic N) is 1. The van der Waals surface area contributed by atoms with E-state index in [1.165, 1.54) is 0 Å². The lowest BCUT2D eigenvalue weighted by atomic mass is 10.1. The fraction of sp³-hybridized carbons (Fsp3) is 0.417. The van der Waals surface area contributed by atoms with Gasteiger partial charge in [0.25, 0.3) is 5.91 Å². The number of aryl methyl sites for hydroxylation is 3. The van der Waals surface area contributed by atoms with E-state index in [0.717, 1.165) is 22.3 Å². The summed E-state index contributed by atoms with van der Waals surface area (Å²) in [7, 11) is 0. The van der Waals surface area contributed by atoms with Crippen molar-refractivity contribution in [2.75, 3.05) is 13.2 Å². The maximum Gasteiger partial charge on any atom is 0.261 e. The molecule has 2 rings (SSSR count). The first-order valence-corrected chi connectivity index (χ1v) is 10.7. The number of ether oxygens (including phenoxy) is 1. The Morgan fingerprint density at radius 2 is 1.70 bits per heavy atom. The molecule has 0 spiro atoms. The summed E-state index contributed by atoms with van der Waals surface area (Å²) in [6, 6.07) is 10.9. The third-order valence-electron chi connectivity index (χ3n) is 5.11. The molecule has 0 aliphatic carbocycles. The smallest absolute Gasteiger partial charge is 0.261 e. The van der Waals surface area contributed by atoms with Crippen LogP contribution >= 0.6 is 11.6 Å². The van der Waals surface area contributed by atoms with Crippen molar-refractivity contribution in [2.24, 2.45) is 0 Å². The van der Waals surface area contributed by atoms with Gasteiger partial charge in [-0.2, -0.15) is 0 Å². The van der Waals surface area contributed by atoms with Gasteiger partial charge in [0.15, 0.2) is 6.61 Å². The van der Waals surface area contributed by atoms with Gasteiger partial charge in [0, 0.05) is 18.1 Å². The Hall–Kier alpha value is -2.53. The van der Waals surface area contributed by atoms with E-state index in [4.69, 9.17) is 16.3 Å². The number of nitrogens with one attached hydrogen (secondary N) is 1. The molecule has 0 heterocycles. The SMILES string of the molecule is CCNC(=O)C(CC)N(Cc1ccccc1C)C(=O)COc1cc(C)c(Cl)c(C)c1. The zero-order chi connectivity index (χ0) is 22.3. The highest BCUT2D eigenvalue weighted by Gasteiger charge is 2.29. The summed E-state index contributed by atoms with van der Waals surface area (Å²) in [5, 5.41) is 3.53. The van der Waals surface area contributed by atoms with Crippen LogP contribution in [0, 0.1) is 20.8 Å². The lowest BCUT2D eigenvalue weighted by Gasteiger charge is -2.31. The minimum atomic E-state index is -0.561. The Balaban J connectivity index is 2.24. The summed E-state index contributed by atoms with van der Waals surface area (Å²) >= 11 is 6.22. The summed E-state index contributed by atoms with van der Waals surface area (Å²) < 4.78 is 5.79. The number of rotatable bonds is 9. The molecule has 0 fully saturated rings. The summed E-state index contributed by atoms with van der Waals surface area (Å²) in [6.07, 6.45) is 0.516. The van der Waals surface area contributed by atoms with Gasteiger partial charge in [0.05, 0.1) is 0 Å². The molecular weight excluding hydrogens is 400 g/mol. The Bertz CT molecular complexity index is 875. The average molecular weight is 431 g/mol. The number of likely N-dealkylation sites (N-methyl/N-ethyl adjacent to an activating group) is 1. The summed E-state index contributed by atoms with van der Waals surface area (Å²) in [6.45, 7) is 10.3. The number of carbonyl (C=O) groups excluding carboxylic acids is 2. The van der Waals surface area contributed by atoms with Gasteiger partial charge in [-0.05, 0) is 68.5 Å². The fourth-order valence-electron chi connectivity index (χ4n) is 3.40. The third kappa shape index (κ3) is 5.99. The molecule has 6 heteroatoms. The Morgan fingerprint density at radius 1 is 1.07 bits per heavy atom. The topological polar surface area (TPSA) is 58.6 Å². The molecule has 0 aliphatic heterocycles. The summed E-state index contributed by atoms with van der Waals surface area (Å²) in [4.78, 5) is 27.4. The van der Waals surface area contributed by atoms with Crippen molar-refractivity contribution in [3.8, 4) is 5.75 Å². The molecule has 0 saturated carbocycles. The van der Waals surface area contributed by atoms with Crippen LogP contribution in [0.4, 0.5) is 0 Å². The number of hydrogen-bond donors (Lipinski definition) is 1. The molecule has 0 radical (unpaired) electrons. The zero-order valence-electron chi connectivity index (χ0n) is 18.4. The number of benzene rings is 2. The van der Waals surface area contributed by atoms with Crippen LogP contribution in [0.25, 0.3) is 0 Å². The molecule has 1 unspecified atom stereocenters. The van der Waals surface area contributed by atoms with Crippen molar-refractivity contribution in [2.45, 2.75) is 53.6 Å². The predicted molar refractivity (Wildman–Crippen MR) is 121 cm³/mol. The quantitative estimate of drug-likeness (QED) is 0.633. The van der Waals surface area contributed by atoms with E-state index in [9.17, 15) is 9.59 Å².